The van der Waals surface area contributed by atoms with Gasteiger partial charge in [0, 0.05) is 61.7 Å². The van der Waals surface area contributed by atoms with Crippen molar-refractivity contribution in [3.63, 3.8) is 0 Å². The van der Waals surface area contributed by atoms with Crippen molar-refractivity contribution < 1.29 is 14.3 Å². The number of aliphatic hydroxyl groups excluding tert-OH is 1. The van der Waals surface area contributed by atoms with E-state index in [2.05, 4.69) is 57.2 Å². The molecule has 3 aromatic heterocycles. The maximum absolute atomic E-state index is 15.0. The number of carbonyl (C=O) groups excluding carboxylic acids is 1. The first-order chi connectivity index (χ1) is 23.2. The normalized spacial score (nSPS) is 18.7. The van der Waals surface area contributed by atoms with Gasteiger partial charge in [-0.05, 0) is 77.3 Å². The Balaban J connectivity index is 1.27. The Labute approximate surface area is 279 Å². The number of carbonyl (C=O) groups is 1. The van der Waals surface area contributed by atoms with Gasteiger partial charge in [0.1, 0.15) is 11.5 Å². The Morgan fingerprint density at radius 3 is 2.60 bits per heavy atom. The molecular formula is C38H40FN7O2. The number of H-pyrrole nitrogens is 1. The van der Waals surface area contributed by atoms with Gasteiger partial charge in [-0.25, -0.2) is 9.37 Å². The molecule has 9 nitrogen and oxygen atoms in total. The number of rotatable bonds is 7. The maximum Gasteiger partial charge on any atom is 0.224 e. The van der Waals surface area contributed by atoms with E-state index in [4.69, 9.17) is 9.98 Å². The van der Waals surface area contributed by atoms with Crippen molar-refractivity contribution in [2.24, 2.45) is 10.9 Å². The number of hydrogen-bond donors (Lipinski definition) is 3. The third-order valence-electron chi connectivity index (χ3n) is 9.72. The molecule has 0 bridgehead atoms. The number of aliphatic hydroxyl groups is 1. The summed E-state index contributed by atoms with van der Waals surface area (Å²) < 4.78 is 15.0. The number of hydrogen-bond acceptors (Lipinski definition) is 7. The van der Waals surface area contributed by atoms with Gasteiger partial charge in [-0.15, -0.1) is 0 Å². The van der Waals surface area contributed by atoms with E-state index in [9.17, 15) is 9.90 Å². The highest BCUT2D eigenvalue weighted by atomic mass is 19.1. The van der Waals surface area contributed by atoms with Gasteiger partial charge in [0.15, 0.2) is 5.82 Å². The predicted molar refractivity (Wildman–Crippen MR) is 186 cm³/mol. The van der Waals surface area contributed by atoms with Crippen LogP contribution in [0.5, 0.6) is 0 Å². The first-order valence-corrected chi connectivity index (χ1v) is 16.7. The third kappa shape index (κ3) is 6.50. The second-order valence-corrected chi connectivity index (χ2v) is 13.1. The first-order valence-electron chi connectivity index (χ1n) is 16.7. The third-order valence-corrected chi connectivity index (χ3v) is 9.72. The molecule has 0 radical (unpaired) electrons. The van der Waals surface area contributed by atoms with Crippen molar-refractivity contribution in [3.05, 3.63) is 95.6 Å². The summed E-state index contributed by atoms with van der Waals surface area (Å²) in [6.45, 7) is 9.09. The van der Waals surface area contributed by atoms with Crippen LogP contribution in [0.25, 0.3) is 33.3 Å². The minimum atomic E-state index is -0.308. The average Bonchev–Trinajstić information content (AvgIpc) is 3.48. The molecule has 0 aliphatic carbocycles. The fourth-order valence-electron chi connectivity index (χ4n) is 6.73. The van der Waals surface area contributed by atoms with Crippen LogP contribution in [-0.2, 0) is 11.3 Å². The lowest BCUT2D eigenvalue weighted by Gasteiger charge is -2.29. The molecule has 3 N–H and O–H groups in total. The number of piperidine rings is 1. The van der Waals surface area contributed by atoms with Crippen LogP contribution in [0.15, 0.2) is 72.2 Å². The van der Waals surface area contributed by atoms with Crippen LogP contribution in [0.4, 0.5) is 10.1 Å². The van der Waals surface area contributed by atoms with Gasteiger partial charge in [-0.2, -0.15) is 0 Å². The van der Waals surface area contributed by atoms with Crippen molar-refractivity contribution in [1.29, 1.82) is 0 Å². The lowest BCUT2D eigenvalue weighted by atomic mass is 9.85. The van der Waals surface area contributed by atoms with Crippen molar-refractivity contribution in [2.75, 3.05) is 25.0 Å². The number of nitrogens with one attached hydrogen (secondary N) is 2. The molecule has 2 aromatic carbocycles. The van der Waals surface area contributed by atoms with Gasteiger partial charge in [0.05, 0.1) is 35.2 Å². The summed E-state index contributed by atoms with van der Waals surface area (Å²) in [5.41, 5.74) is 9.20. The number of halogens is 1. The van der Waals surface area contributed by atoms with E-state index in [0.29, 0.717) is 48.0 Å². The largest absolute Gasteiger partial charge is 0.393 e. The van der Waals surface area contributed by atoms with Gasteiger partial charge < -0.3 is 15.4 Å². The Bertz CT molecular complexity index is 2010. The molecule has 246 valence electrons. The van der Waals surface area contributed by atoms with Crippen LogP contribution in [0.1, 0.15) is 68.5 Å². The van der Waals surface area contributed by atoms with E-state index in [1.807, 2.05) is 19.1 Å². The van der Waals surface area contributed by atoms with Crippen molar-refractivity contribution in [2.45, 2.75) is 58.6 Å². The lowest BCUT2D eigenvalue weighted by Crippen LogP contribution is -2.35. The molecule has 1 unspecified atom stereocenters. The number of aliphatic imine (C=N–C) groups is 1. The van der Waals surface area contributed by atoms with Crippen molar-refractivity contribution in [3.8, 4) is 22.3 Å². The zero-order valence-electron chi connectivity index (χ0n) is 27.5. The summed E-state index contributed by atoms with van der Waals surface area (Å²) in [7, 11) is 0. The zero-order chi connectivity index (χ0) is 33.4. The van der Waals surface area contributed by atoms with Gasteiger partial charge in [0.25, 0.3) is 0 Å². The van der Waals surface area contributed by atoms with Crippen molar-refractivity contribution >= 4 is 28.3 Å². The fourth-order valence-corrected chi connectivity index (χ4v) is 6.73. The number of aromatic amines is 1. The van der Waals surface area contributed by atoms with Crippen LogP contribution in [0.3, 0.4) is 0 Å². The van der Waals surface area contributed by atoms with Crippen LogP contribution in [-0.4, -0.2) is 67.3 Å². The second-order valence-electron chi connectivity index (χ2n) is 13.1. The van der Waals surface area contributed by atoms with E-state index in [-0.39, 0.29) is 23.7 Å². The highest BCUT2D eigenvalue weighted by Crippen LogP contribution is 2.36. The summed E-state index contributed by atoms with van der Waals surface area (Å²) in [4.78, 5) is 36.9. The Kier molecular flexibility index (Phi) is 8.85. The summed E-state index contributed by atoms with van der Waals surface area (Å²) >= 11 is 0. The Morgan fingerprint density at radius 2 is 1.79 bits per heavy atom. The number of pyridine rings is 2. The topological polar surface area (TPSA) is 119 Å². The van der Waals surface area contributed by atoms with Gasteiger partial charge in [-0.3, -0.25) is 24.7 Å². The molecular weight excluding hydrogens is 605 g/mol. The zero-order valence-corrected chi connectivity index (χ0v) is 27.5. The first kappa shape index (κ1) is 31.8. The number of likely N-dealkylation sites (tertiary alicyclic amines) is 1. The lowest BCUT2D eigenvalue weighted by molar-refractivity contribution is -0.115. The monoisotopic (exact) mass is 645 g/mol. The molecule has 1 fully saturated rings. The molecule has 10 heteroatoms. The molecule has 2 aliphatic rings. The van der Waals surface area contributed by atoms with Crippen LogP contribution in [0.2, 0.25) is 0 Å². The summed E-state index contributed by atoms with van der Waals surface area (Å²) in [5, 5.41) is 12.8. The summed E-state index contributed by atoms with van der Waals surface area (Å²) in [6, 6.07) is 13.5. The summed E-state index contributed by atoms with van der Waals surface area (Å²) in [6.07, 6.45) is 8.52. The van der Waals surface area contributed by atoms with E-state index >= 15 is 4.39 Å². The van der Waals surface area contributed by atoms with Crippen molar-refractivity contribution in [1.82, 2.24) is 24.8 Å². The van der Waals surface area contributed by atoms with E-state index in [1.165, 1.54) is 11.6 Å². The molecule has 1 saturated heterocycles. The van der Waals surface area contributed by atoms with Gasteiger partial charge in [-0.1, -0.05) is 32.9 Å². The second kappa shape index (κ2) is 13.4. The molecule has 48 heavy (non-hydrogen) atoms. The molecule has 2 atom stereocenters. The number of fused-ring (bicyclic) bond motifs is 2. The number of imidazole rings is 1. The van der Waals surface area contributed by atoms with E-state index in [1.54, 1.807) is 30.9 Å². The van der Waals surface area contributed by atoms with Crippen LogP contribution < -0.4 is 5.32 Å². The SMILES string of the molecule is CCC(=O)Nc1cncc(-c2ccc3c(c2)C(c2nc4c(-c5cc(F)cc(CN6CCC(O)CC6)c5)cncc4[nH]2)=NC[C@@H](C)C3C)c1. The highest BCUT2D eigenvalue weighted by Gasteiger charge is 2.27. The fraction of sp³-hybridized carbons (Fsp3) is 0.342. The Hall–Kier alpha value is -4.80. The number of amides is 1. The minimum Gasteiger partial charge on any atom is -0.393 e. The highest BCUT2D eigenvalue weighted by molar-refractivity contribution is 6.14. The molecule has 0 spiro atoms. The molecule has 2 aliphatic heterocycles. The maximum atomic E-state index is 15.0. The molecule has 0 saturated carbocycles. The molecule has 5 heterocycles. The van der Waals surface area contributed by atoms with Gasteiger partial charge in [0.2, 0.25) is 5.91 Å². The molecule has 7 rings (SSSR count). The number of benzene rings is 2. The van der Waals surface area contributed by atoms with Gasteiger partial charge >= 0.3 is 0 Å². The molecule has 5 aromatic rings. The Morgan fingerprint density at radius 1 is 0.979 bits per heavy atom. The van der Waals surface area contributed by atoms with E-state index < -0.39 is 0 Å². The number of anilines is 1. The number of aromatic nitrogens is 4. The minimum absolute atomic E-state index is 0.0657. The van der Waals surface area contributed by atoms with E-state index in [0.717, 1.165) is 65.0 Å². The predicted octanol–water partition coefficient (Wildman–Crippen LogP) is 6.72. The van der Waals surface area contributed by atoms with Crippen LogP contribution >= 0.6 is 0 Å². The number of nitrogens with zero attached hydrogens (tertiary/aromatic N) is 5. The standard InChI is InChI=1S/C38H40FN7O2/c1-4-35(48)43-29-14-27(17-40-18-29)25-5-6-31-23(3)22(2)16-42-37(32(31)15-25)38-44-34-20-41-19-33(36(34)45-38)26-11-24(12-28(39)13-26)21-46-9-7-30(47)8-10-46/h5-6,11-15,17-20,22-23,30,47H,4,7-10,16,21H2,1-3H3,(H,43,48)(H,44,45)/t22-,23?/m1/s1. The summed E-state index contributed by atoms with van der Waals surface area (Å²) in [5.74, 6) is 0.835. The average molecular weight is 646 g/mol. The molecule has 1 amide bonds. The quantitative estimate of drug-likeness (QED) is 0.181. The smallest absolute Gasteiger partial charge is 0.224 e. The van der Waals surface area contributed by atoms with Crippen LogP contribution in [0, 0.1) is 11.7 Å².